The molecular weight excluding hydrogens is 328 g/mol. The summed E-state index contributed by atoms with van der Waals surface area (Å²) in [6, 6.07) is 14.5. The van der Waals surface area contributed by atoms with Crippen molar-refractivity contribution < 1.29 is 19.1 Å². The highest BCUT2D eigenvalue weighted by Gasteiger charge is 2.47. The SMILES string of the molecule is C=CCc1ccc2c(c1)O[C@](C#Cc1ccccc1)(C(=O)OC)CC2=O. The number of allylic oxidation sites excluding steroid dienone is 1. The molecule has 0 saturated heterocycles. The van der Waals surface area contributed by atoms with E-state index in [9.17, 15) is 9.59 Å². The number of carbonyl (C=O) groups excluding carboxylic acids is 2. The molecule has 3 rings (SSSR count). The molecule has 4 heteroatoms. The lowest BCUT2D eigenvalue weighted by Crippen LogP contribution is -2.48. The fourth-order valence-corrected chi connectivity index (χ4v) is 2.81. The first-order valence-corrected chi connectivity index (χ1v) is 8.20. The number of benzene rings is 2. The molecule has 1 aliphatic rings. The third kappa shape index (κ3) is 3.38. The quantitative estimate of drug-likeness (QED) is 0.486. The topological polar surface area (TPSA) is 52.6 Å². The molecule has 0 spiro atoms. The number of ketones is 1. The van der Waals surface area contributed by atoms with Gasteiger partial charge in [-0.15, -0.1) is 6.58 Å². The largest absolute Gasteiger partial charge is 0.465 e. The van der Waals surface area contributed by atoms with Crippen molar-refractivity contribution in [3.05, 3.63) is 77.9 Å². The summed E-state index contributed by atoms with van der Waals surface area (Å²) in [7, 11) is 1.26. The molecule has 0 aromatic heterocycles. The molecule has 0 amide bonds. The number of rotatable bonds is 3. The number of hydrogen-bond acceptors (Lipinski definition) is 4. The van der Waals surface area contributed by atoms with Gasteiger partial charge in [-0.1, -0.05) is 36.3 Å². The van der Waals surface area contributed by atoms with Crippen molar-refractivity contribution in [2.24, 2.45) is 0 Å². The van der Waals surface area contributed by atoms with Gasteiger partial charge in [-0.05, 0) is 42.2 Å². The summed E-state index contributed by atoms with van der Waals surface area (Å²) in [5.41, 5.74) is 0.446. The third-order valence-electron chi connectivity index (χ3n) is 4.12. The van der Waals surface area contributed by atoms with Crippen molar-refractivity contribution in [3.8, 4) is 17.6 Å². The number of methoxy groups -OCH3 is 1. The number of esters is 1. The van der Waals surface area contributed by atoms with E-state index in [4.69, 9.17) is 9.47 Å². The lowest BCUT2D eigenvalue weighted by molar-refractivity contribution is -0.154. The van der Waals surface area contributed by atoms with Crippen molar-refractivity contribution in [3.63, 3.8) is 0 Å². The standard InChI is InChI=1S/C22H18O4/c1-3-7-17-10-11-18-19(23)15-22(21(24)25-2,26-20(18)14-17)13-12-16-8-5-4-6-9-16/h3-6,8-11,14H,1,7,15H2,2H3/t22-/m0/s1. The van der Waals surface area contributed by atoms with Crippen LogP contribution in [-0.4, -0.2) is 24.5 Å². The number of Topliss-reactive ketones (excluding diaryl/α,β-unsaturated/α-hetero) is 1. The van der Waals surface area contributed by atoms with E-state index in [0.717, 1.165) is 11.1 Å². The Hall–Kier alpha value is -3.32. The van der Waals surface area contributed by atoms with Crippen molar-refractivity contribution in [2.45, 2.75) is 18.4 Å². The van der Waals surface area contributed by atoms with Crippen LogP contribution in [0.2, 0.25) is 0 Å². The highest BCUT2D eigenvalue weighted by Crippen LogP contribution is 2.35. The van der Waals surface area contributed by atoms with E-state index >= 15 is 0 Å². The van der Waals surface area contributed by atoms with Gasteiger partial charge in [0.2, 0.25) is 0 Å². The van der Waals surface area contributed by atoms with Gasteiger partial charge < -0.3 is 9.47 Å². The molecule has 0 aliphatic carbocycles. The zero-order valence-electron chi connectivity index (χ0n) is 14.5. The van der Waals surface area contributed by atoms with Crippen LogP contribution in [0.4, 0.5) is 0 Å². The minimum atomic E-state index is -1.65. The first-order valence-electron chi connectivity index (χ1n) is 8.20. The Labute approximate surface area is 152 Å². The minimum Gasteiger partial charge on any atom is -0.465 e. The van der Waals surface area contributed by atoms with Crippen LogP contribution >= 0.6 is 0 Å². The van der Waals surface area contributed by atoms with Gasteiger partial charge in [0.1, 0.15) is 5.75 Å². The van der Waals surface area contributed by atoms with Crippen LogP contribution in [0.1, 0.15) is 27.9 Å². The van der Waals surface area contributed by atoms with Gasteiger partial charge in [-0.2, -0.15) is 0 Å². The Kier molecular flexibility index (Phi) is 4.90. The maximum atomic E-state index is 12.6. The minimum absolute atomic E-state index is 0.187. The van der Waals surface area contributed by atoms with Crippen molar-refractivity contribution in [1.29, 1.82) is 0 Å². The van der Waals surface area contributed by atoms with Gasteiger partial charge in [0.05, 0.1) is 19.1 Å². The van der Waals surface area contributed by atoms with E-state index in [-0.39, 0.29) is 12.2 Å². The second kappa shape index (κ2) is 7.28. The van der Waals surface area contributed by atoms with Crippen LogP contribution in [0.25, 0.3) is 0 Å². The third-order valence-corrected chi connectivity index (χ3v) is 4.12. The average molecular weight is 346 g/mol. The van der Waals surface area contributed by atoms with Gasteiger partial charge >= 0.3 is 5.97 Å². The lowest BCUT2D eigenvalue weighted by Gasteiger charge is -2.31. The summed E-state index contributed by atoms with van der Waals surface area (Å²) in [5.74, 6) is 5.20. The Balaban J connectivity index is 2.05. The first kappa shape index (κ1) is 17.5. The first-order chi connectivity index (χ1) is 12.6. The molecule has 0 saturated carbocycles. The maximum absolute atomic E-state index is 12.6. The van der Waals surface area contributed by atoms with Crippen LogP contribution < -0.4 is 4.74 Å². The monoisotopic (exact) mass is 346 g/mol. The van der Waals surface area contributed by atoms with E-state index in [1.165, 1.54) is 7.11 Å². The number of hydrogen-bond donors (Lipinski definition) is 0. The van der Waals surface area contributed by atoms with Gasteiger partial charge in [0.15, 0.2) is 5.78 Å². The van der Waals surface area contributed by atoms with Gasteiger partial charge in [0.25, 0.3) is 5.60 Å². The fraction of sp³-hybridized carbons (Fsp3) is 0.182. The van der Waals surface area contributed by atoms with Crippen molar-refractivity contribution in [2.75, 3.05) is 7.11 Å². The van der Waals surface area contributed by atoms with Crippen molar-refractivity contribution >= 4 is 11.8 Å². The molecule has 130 valence electrons. The van der Waals surface area contributed by atoms with Gasteiger partial charge in [-0.3, -0.25) is 4.79 Å². The molecule has 0 N–H and O–H groups in total. The van der Waals surface area contributed by atoms with Crippen molar-refractivity contribution in [1.82, 2.24) is 0 Å². The molecule has 0 bridgehead atoms. The van der Waals surface area contributed by atoms with E-state index in [0.29, 0.717) is 17.7 Å². The molecule has 0 fully saturated rings. The zero-order chi connectivity index (χ0) is 18.6. The van der Waals surface area contributed by atoms with E-state index in [1.54, 1.807) is 18.2 Å². The summed E-state index contributed by atoms with van der Waals surface area (Å²) >= 11 is 0. The van der Waals surface area contributed by atoms with Gasteiger partial charge in [-0.25, -0.2) is 4.79 Å². The van der Waals surface area contributed by atoms with E-state index < -0.39 is 11.6 Å². The summed E-state index contributed by atoms with van der Waals surface area (Å²) in [5, 5.41) is 0. The predicted molar refractivity (Wildman–Crippen MR) is 98.0 cm³/mol. The van der Waals surface area contributed by atoms with Crippen LogP contribution in [0.15, 0.2) is 61.2 Å². The molecule has 1 atom stereocenters. The predicted octanol–water partition coefficient (Wildman–Crippen LogP) is 3.34. The van der Waals surface area contributed by atoms with Crippen LogP contribution in [-0.2, 0) is 16.0 Å². The number of carbonyl (C=O) groups is 2. The average Bonchev–Trinajstić information content (AvgIpc) is 2.66. The van der Waals surface area contributed by atoms with Gasteiger partial charge in [0, 0.05) is 5.56 Å². The molecule has 1 heterocycles. The maximum Gasteiger partial charge on any atom is 0.363 e. The van der Waals surface area contributed by atoms with Crippen LogP contribution in [0, 0.1) is 11.8 Å². The zero-order valence-corrected chi connectivity index (χ0v) is 14.5. The Morgan fingerprint density at radius 1 is 1.31 bits per heavy atom. The second-order valence-electron chi connectivity index (χ2n) is 5.96. The van der Waals surface area contributed by atoms with E-state index in [1.807, 2.05) is 36.4 Å². The lowest BCUT2D eigenvalue weighted by atomic mass is 9.89. The summed E-state index contributed by atoms with van der Waals surface area (Å²) in [4.78, 5) is 25.1. The van der Waals surface area contributed by atoms with E-state index in [2.05, 4.69) is 18.4 Å². The Morgan fingerprint density at radius 2 is 2.08 bits per heavy atom. The smallest absolute Gasteiger partial charge is 0.363 e. The van der Waals surface area contributed by atoms with Crippen LogP contribution in [0.5, 0.6) is 5.75 Å². The second-order valence-corrected chi connectivity index (χ2v) is 5.96. The Bertz CT molecular complexity index is 918. The number of ether oxygens (including phenoxy) is 2. The molecule has 26 heavy (non-hydrogen) atoms. The summed E-state index contributed by atoms with van der Waals surface area (Å²) < 4.78 is 10.8. The number of fused-ring (bicyclic) bond motifs is 1. The highest BCUT2D eigenvalue weighted by atomic mass is 16.6. The molecule has 4 nitrogen and oxygen atoms in total. The molecule has 1 aliphatic heterocycles. The normalized spacial score (nSPS) is 18.0. The highest BCUT2D eigenvalue weighted by molar-refractivity contribution is 6.05. The molecule has 2 aromatic carbocycles. The molecule has 2 aromatic rings. The van der Waals surface area contributed by atoms with Crippen LogP contribution in [0.3, 0.4) is 0 Å². The summed E-state index contributed by atoms with van der Waals surface area (Å²) in [6.07, 6.45) is 2.20. The molecule has 0 unspecified atom stereocenters. The molecular formula is C22H18O4. The fourth-order valence-electron chi connectivity index (χ4n) is 2.81. The Morgan fingerprint density at radius 3 is 2.77 bits per heavy atom. The summed E-state index contributed by atoms with van der Waals surface area (Å²) in [6.45, 7) is 3.71. The molecule has 0 radical (unpaired) electrons.